The van der Waals surface area contributed by atoms with E-state index in [1.54, 1.807) is 55.7 Å². The first-order valence-corrected chi connectivity index (χ1v) is 11.4. The molecular formula is C27H31NO7. The van der Waals surface area contributed by atoms with E-state index in [1.165, 1.54) is 12.0 Å². The highest BCUT2D eigenvalue weighted by Gasteiger charge is 2.46. The zero-order valence-electron chi connectivity index (χ0n) is 20.3. The van der Waals surface area contributed by atoms with Crippen molar-refractivity contribution in [3.05, 3.63) is 71.8 Å². The van der Waals surface area contributed by atoms with Crippen LogP contribution >= 0.6 is 0 Å². The third kappa shape index (κ3) is 5.66. The SMILES string of the molecule is C=CCOc1ccc(/C(O)=C2\C(=O)C(=O)N(CCCOC)C2c2ccc(OCC)c(OC)c2)cc1. The Morgan fingerprint density at radius 2 is 1.83 bits per heavy atom. The van der Waals surface area contributed by atoms with Gasteiger partial charge in [-0.05, 0) is 55.3 Å². The van der Waals surface area contributed by atoms with Crippen LogP contribution in [0.1, 0.15) is 30.5 Å². The molecule has 1 aliphatic heterocycles. The molecule has 0 aromatic heterocycles. The molecule has 2 aromatic rings. The van der Waals surface area contributed by atoms with Crippen molar-refractivity contribution in [2.24, 2.45) is 0 Å². The number of aliphatic hydroxyl groups is 1. The molecule has 1 atom stereocenters. The zero-order chi connectivity index (χ0) is 25.4. The predicted molar refractivity (Wildman–Crippen MR) is 132 cm³/mol. The standard InChI is InChI=1S/C27H31NO7/c1-5-15-35-20-11-8-18(9-12-20)25(29)23-24(28(14-7-16-32-3)27(31)26(23)30)19-10-13-21(34-6-2)22(17-19)33-4/h5,8-13,17,24,29H,1,6-7,14-16H2,2-4H3/b25-23+. The zero-order valence-corrected chi connectivity index (χ0v) is 20.3. The molecule has 1 N–H and O–H groups in total. The Labute approximate surface area is 205 Å². The van der Waals surface area contributed by atoms with Crippen LogP contribution in [0.5, 0.6) is 17.2 Å². The van der Waals surface area contributed by atoms with Gasteiger partial charge in [-0.2, -0.15) is 0 Å². The molecular weight excluding hydrogens is 450 g/mol. The molecule has 3 rings (SSSR count). The van der Waals surface area contributed by atoms with Crippen LogP contribution < -0.4 is 14.2 Å². The number of amides is 1. The van der Waals surface area contributed by atoms with E-state index < -0.39 is 17.7 Å². The van der Waals surface area contributed by atoms with Gasteiger partial charge in [0.15, 0.2) is 11.5 Å². The largest absolute Gasteiger partial charge is 0.507 e. The average molecular weight is 482 g/mol. The maximum absolute atomic E-state index is 13.1. The molecule has 0 bridgehead atoms. The van der Waals surface area contributed by atoms with Crippen molar-refractivity contribution < 1.29 is 33.6 Å². The van der Waals surface area contributed by atoms with Gasteiger partial charge < -0.3 is 29.0 Å². The van der Waals surface area contributed by atoms with Gasteiger partial charge in [-0.25, -0.2) is 0 Å². The van der Waals surface area contributed by atoms with Crippen LogP contribution in [0.3, 0.4) is 0 Å². The summed E-state index contributed by atoms with van der Waals surface area (Å²) >= 11 is 0. The second kappa shape index (κ2) is 12.1. The maximum Gasteiger partial charge on any atom is 0.295 e. The first-order valence-electron chi connectivity index (χ1n) is 11.4. The van der Waals surface area contributed by atoms with Gasteiger partial charge in [0.1, 0.15) is 18.1 Å². The van der Waals surface area contributed by atoms with Crippen molar-refractivity contribution in [2.75, 3.05) is 40.6 Å². The van der Waals surface area contributed by atoms with Gasteiger partial charge in [0, 0.05) is 25.8 Å². The first-order chi connectivity index (χ1) is 17.0. The van der Waals surface area contributed by atoms with Crippen LogP contribution in [-0.2, 0) is 14.3 Å². The van der Waals surface area contributed by atoms with Crippen molar-refractivity contribution in [1.29, 1.82) is 0 Å². The van der Waals surface area contributed by atoms with E-state index in [0.717, 1.165) is 0 Å². The number of rotatable bonds is 12. The molecule has 0 spiro atoms. The van der Waals surface area contributed by atoms with Gasteiger partial charge in [0.2, 0.25) is 0 Å². The van der Waals surface area contributed by atoms with E-state index in [4.69, 9.17) is 18.9 Å². The van der Waals surface area contributed by atoms with Crippen LogP contribution in [0.2, 0.25) is 0 Å². The Kier molecular flexibility index (Phi) is 8.92. The number of carbonyl (C=O) groups excluding carboxylic acids is 2. The Morgan fingerprint density at radius 3 is 2.46 bits per heavy atom. The highest BCUT2D eigenvalue weighted by molar-refractivity contribution is 6.46. The molecule has 8 heteroatoms. The third-order valence-electron chi connectivity index (χ3n) is 5.59. The van der Waals surface area contributed by atoms with Crippen LogP contribution in [-0.4, -0.2) is 62.3 Å². The minimum Gasteiger partial charge on any atom is -0.507 e. The number of nitrogens with zero attached hydrogens (tertiary/aromatic N) is 1. The quantitative estimate of drug-likeness (QED) is 0.160. The molecule has 1 fully saturated rings. The fourth-order valence-electron chi connectivity index (χ4n) is 3.99. The van der Waals surface area contributed by atoms with Crippen LogP contribution in [0, 0.1) is 0 Å². The predicted octanol–water partition coefficient (Wildman–Crippen LogP) is 4.12. The average Bonchev–Trinajstić information content (AvgIpc) is 3.13. The Bertz CT molecular complexity index is 1090. The van der Waals surface area contributed by atoms with Crippen LogP contribution in [0.15, 0.2) is 60.7 Å². The van der Waals surface area contributed by atoms with Crippen LogP contribution in [0.4, 0.5) is 0 Å². The number of carbonyl (C=O) groups is 2. The molecule has 1 saturated heterocycles. The van der Waals surface area contributed by atoms with Gasteiger partial charge in [0.25, 0.3) is 11.7 Å². The summed E-state index contributed by atoms with van der Waals surface area (Å²) in [6, 6.07) is 11.1. The second-order valence-electron chi connectivity index (χ2n) is 7.81. The summed E-state index contributed by atoms with van der Waals surface area (Å²) in [6.45, 7) is 6.99. The Morgan fingerprint density at radius 1 is 1.09 bits per heavy atom. The van der Waals surface area contributed by atoms with Crippen molar-refractivity contribution in [2.45, 2.75) is 19.4 Å². The van der Waals surface area contributed by atoms with Crippen LogP contribution in [0.25, 0.3) is 5.76 Å². The van der Waals surface area contributed by atoms with E-state index in [9.17, 15) is 14.7 Å². The normalized spacial score (nSPS) is 16.9. The number of ketones is 1. The summed E-state index contributed by atoms with van der Waals surface area (Å²) in [5.74, 6) is -0.0723. The van der Waals surface area contributed by atoms with E-state index in [1.807, 2.05) is 6.92 Å². The summed E-state index contributed by atoms with van der Waals surface area (Å²) in [4.78, 5) is 27.6. The smallest absolute Gasteiger partial charge is 0.295 e. The van der Waals surface area contributed by atoms with Crippen molar-refractivity contribution >= 4 is 17.4 Å². The van der Waals surface area contributed by atoms with Gasteiger partial charge in [-0.15, -0.1) is 0 Å². The van der Waals surface area contributed by atoms with E-state index in [0.29, 0.717) is 54.6 Å². The van der Waals surface area contributed by atoms with E-state index in [-0.39, 0.29) is 17.9 Å². The lowest BCUT2D eigenvalue weighted by atomic mass is 9.95. The molecule has 1 heterocycles. The molecule has 0 aliphatic carbocycles. The number of ether oxygens (including phenoxy) is 4. The molecule has 0 saturated carbocycles. The number of likely N-dealkylation sites (tertiary alicyclic amines) is 1. The monoisotopic (exact) mass is 481 g/mol. The van der Waals surface area contributed by atoms with E-state index >= 15 is 0 Å². The highest BCUT2D eigenvalue weighted by Crippen LogP contribution is 2.42. The number of hydrogen-bond acceptors (Lipinski definition) is 7. The van der Waals surface area contributed by atoms with Crippen molar-refractivity contribution in [3.63, 3.8) is 0 Å². The number of methoxy groups -OCH3 is 2. The number of aliphatic hydroxyl groups excluding tert-OH is 1. The minimum atomic E-state index is -0.798. The number of benzene rings is 2. The molecule has 8 nitrogen and oxygen atoms in total. The Balaban J connectivity index is 2.09. The first kappa shape index (κ1) is 25.8. The van der Waals surface area contributed by atoms with Crippen molar-refractivity contribution in [1.82, 2.24) is 4.90 Å². The molecule has 186 valence electrons. The van der Waals surface area contributed by atoms with Gasteiger partial charge in [-0.1, -0.05) is 18.7 Å². The molecule has 1 amide bonds. The second-order valence-corrected chi connectivity index (χ2v) is 7.81. The van der Waals surface area contributed by atoms with Gasteiger partial charge >= 0.3 is 0 Å². The summed E-state index contributed by atoms with van der Waals surface area (Å²) in [5, 5.41) is 11.2. The highest BCUT2D eigenvalue weighted by atomic mass is 16.5. The molecule has 1 aliphatic rings. The molecule has 2 aromatic carbocycles. The molecule has 0 radical (unpaired) electrons. The van der Waals surface area contributed by atoms with Gasteiger partial charge in [-0.3, -0.25) is 9.59 Å². The lowest BCUT2D eigenvalue weighted by Crippen LogP contribution is -2.31. The van der Waals surface area contributed by atoms with Gasteiger partial charge in [0.05, 0.1) is 25.3 Å². The third-order valence-corrected chi connectivity index (χ3v) is 5.59. The fourth-order valence-corrected chi connectivity index (χ4v) is 3.99. The summed E-state index contributed by atoms with van der Waals surface area (Å²) in [7, 11) is 3.10. The Hall–Kier alpha value is -3.78. The molecule has 1 unspecified atom stereocenters. The summed E-state index contributed by atoms with van der Waals surface area (Å²) in [6.07, 6.45) is 2.16. The number of Topliss-reactive ketones (excluding diaryl/α,β-unsaturated/α-hetero) is 1. The molecule has 35 heavy (non-hydrogen) atoms. The number of hydrogen-bond donors (Lipinski definition) is 1. The minimum absolute atomic E-state index is 0.0124. The van der Waals surface area contributed by atoms with Crippen molar-refractivity contribution in [3.8, 4) is 17.2 Å². The van der Waals surface area contributed by atoms with E-state index in [2.05, 4.69) is 6.58 Å². The maximum atomic E-state index is 13.1. The topological polar surface area (TPSA) is 94.5 Å². The summed E-state index contributed by atoms with van der Waals surface area (Å²) in [5.41, 5.74) is 1.03. The summed E-state index contributed by atoms with van der Waals surface area (Å²) < 4.78 is 21.7. The lowest BCUT2D eigenvalue weighted by molar-refractivity contribution is -0.140. The lowest BCUT2D eigenvalue weighted by Gasteiger charge is -2.26. The fraction of sp³-hybridized carbons (Fsp3) is 0.333.